The van der Waals surface area contributed by atoms with Crippen LogP contribution in [-0.4, -0.2) is 59.3 Å². The van der Waals surface area contributed by atoms with E-state index in [-0.39, 0.29) is 36.2 Å². The summed E-state index contributed by atoms with van der Waals surface area (Å²) in [6.45, 7) is 5.45. The molecule has 1 aliphatic heterocycles. The normalized spacial score (nSPS) is 36.5. The van der Waals surface area contributed by atoms with Crippen molar-refractivity contribution >= 4 is 11.9 Å². The molecular formula is C23H34O7. The molecule has 7 atom stereocenters. The van der Waals surface area contributed by atoms with E-state index in [0.29, 0.717) is 19.3 Å². The summed E-state index contributed by atoms with van der Waals surface area (Å²) in [5.74, 6) is -0.452. The van der Waals surface area contributed by atoms with Crippen LogP contribution >= 0.6 is 0 Å². The predicted octanol–water partition coefficient (Wildman–Crippen LogP) is 2.30. The Balaban J connectivity index is 1.76. The minimum atomic E-state index is -1.07. The minimum absolute atomic E-state index is 0.0470. The molecule has 0 bridgehead atoms. The lowest BCUT2D eigenvalue weighted by Crippen LogP contribution is -2.46. The van der Waals surface area contributed by atoms with Crippen molar-refractivity contribution < 1.29 is 34.0 Å². The van der Waals surface area contributed by atoms with Gasteiger partial charge in [0.05, 0.1) is 18.6 Å². The minimum Gasteiger partial charge on any atom is -0.462 e. The monoisotopic (exact) mass is 422 g/mol. The van der Waals surface area contributed by atoms with Gasteiger partial charge in [0.15, 0.2) is 5.60 Å². The quantitative estimate of drug-likeness (QED) is 0.633. The number of ether oxygens (including phenoxy) is 3. The Labute approximate surface area is 178 Å². The molecule has 0 spiro atoms. The third kappa shape index (κ3) is 5.13. The van der Waals surface area contributed by atoms with E-state index in [1.165, 1.54) is 7.11 Å². The van der Waals surface area contributed by atoms with E-state index in [9.17, 15) is 19.8 Å². The summed E-state index contributed by atoms with van der Waals surface area (Å²) in [6.07, 6.45) is 6.15. The molecule has 1 saturated heterocycles. The molecule has 2 aliphatic carbocycles. The number of methoxy groups -OCH3 is 1. The number of esters is 2. The standard InChI is InChI=1S/C23H34O7/c1-13-5-6-14-9-15(24)11-19(30-22(27)23(2,3)28-4)21(14)18(13)8-7-17-10-16(25)12-20(26)29-17/h5-6,9,13,15-19,21,24-25H,7-8,10-12H2,1-4H3/t13-,15+,16+,17+,18-,19-,21-/m0/s1. The van der Waals surface area contributed by atoms with Crippen molar-refractivity contribution in [3.05, 3.63) is 23.8 Å². The van der Waals surface area contributed by atoms with Gasteiger partial charge >= 0.3 is 11.9 Å². The van der Waals surface area contributed by atoms with Gasteiger partial charge in [-0.15, -0.1) is 0 Å². The van der Waals surface area contributed by atoms with Gasteiger partial charge in [0.2, 0.25) is 0 Å². The molecular weight excluding hydrogens is 388 g/mol. The van der Waals surface area contributed by atoms with E-state index in [0.717, 1.165) is 12.0 Å². The maximum absolute atomic E-state index is 12.7. The van der Waals surface area contributed by atoms with Gasteiger partial charge in [0.1, 0.15) is 12.2 Å². The molecule has 7 nitrogen and oxygen atoms in total. The van der Waals surface area contributed by atoms with Crippen LogP contribution in [0.1, 0.15) is 52.9 Å². The van der Waals surface area contributed by atoms with Gasteiger partial charge in [-0.25, -0.2) is 4.79 Å². The average Bonchev–Trinajstić information content (AvgIpc) is 2.66. The highest BCUT2D eigenvalue weighted by atomic mass is 16.6. The fourth-order valence-corrected chi connectivity index (χ4v) is 4.77. The number of allylic oxidation sites excluding steroid dienone is 2. The summed E-state index contributed by atoms with van der Waals surface area (Å²) in [4.78, 5) is 24.3. The van der Waals surface area contributed by atoms with Gasteiger partial charge < -0.3 is 24.4 Å². The van der Waals surface area contributed by atoms with Crippen LogP contribution in [0.2, 0.25) is 0 Å². The van der Waals surface area contributed by atoms with Crippen LogP contribution in [0.15, 0.2) is 23.8 Å². The summed E-state index contributed by atoms with van der Waals surface area (Å²) in [5, 5.41) is 20.2. The summed E-state index contributed by atoms with van der Waals surface area (Å²) in [5.41, 5.74) is -0.0878. The second-order valence-corrected chi connectivity index (χ2v) is 9.32. The van der Waals surface area contributed by atoms with Crippen molar-refractivity contribution in [2.75, 3.05) is 7.11 Å². The number of aliphatic hydroxyl groups is 2. The number of aliphatic hydroxyl groups excluding tert-OH is 2. The number of cyclic esters (lactones) is 1. The van der Waals surface area contributed by atoms with Crippen LogP contribution in [0, 0.1) is 17.8 Å². The molecule has 7 heteroatoms. The summed E-state index contributed by atoms with van der Waals surface area (Å²) >= 11 is 0. The lowest BCUT2D eigenvalue weighted by Gasteiger charge is -2.43. The molecule has 0 aromatic carbocycles. The van der Waals surface area contributed by atoms with Crippen molar-refractivity contribution in [3.63, 3.8) is 0 Å². The second kappa shape index (κ2) is 9.20. The molecule has 1 fully saturated rings. The molecule has 30 heavy (non-hydrogen) atoms. The molecule has 0 aromatic heterocycles. The van der Waals surface area contributed by atoms with Crippen molar-refractivity contribution in [1.29, 1.82) is 0 Å². The lowest BCUT2D eigenvalue weighted by molar-refractivity contribution is -0.176. The van der Waals surface area contributed by atoms with Crippen molar-refractivity contribution in [2.45, 2.75) is 82.9 Å². The van der Waals surface area contributed by atoms with Gasteiger partial charge in [-0.3, -0.25) is 4.79 Å². The van der Waals surface area contributed by atoms with E-state index in [2.05, 4.69) is 13.0 Å². The van der Waals surface area contributed by atoms with E-state index in [1.54, 1.807) is 13.8 Å². The van der Waals surface area contributed by atoms with Crippen LogP contribution in [0.3, 0.4) is 0 Å². The summed E-state index contributed by atoms with van der Waals surface area (Å²) < 4.78 is 16.5. The van der Waals surface area contributed by atoms with Crippen molar-refractivity contribution in [1.82, 2.24) is 0 Å². The number of fused-ring (bicyclic) bond motifs is 1. The van der Waals surface area contributed by atoms with Gasteiger partial charge in [0.25, 0.3) is 0 Å². The fourth-order valence-electron chi connectivity index (χ4n) is 4.77. The zero-order valence-corrected chi connectivity index (χ0v) is 18.2. The smallest absolute Gasteiger partial charge is 0.338 e. The van der Waals surface area contributed by atoms with Crippen LogP contribution < -0.4 is 0 Å². The first-order valence-corrected chi connectivity index (χ1v) is 10.8. The van der Waals surface area contributed by atoms with Crippen LogP contribution in [-0.2, 0) is 23.8 Å². The zero-order chi connectivity index (χ0) is 22.1. The van der Waals surface area contributed by atoms with E-state index < -0.39 is 29.9 Å². The van der Waals surface area contributed by atoms with E-state index in [4.69, 9.17) is 14.2 Å². The van der Waals surface area contributed by atoms with Crippen LogP contribution in [0.25, 0.3) is 0 Å². The lowest BCUT2D eigenvalue weighted by atomic mass is 9.66. The molecule has 0 radical (unpaired) electrons. The van der Waals surface area contributed by atoms with Crippen molar-refractivity contribution in [3.8, 4) is 0 Å². The number of rotatable bonds is 6. The molecule has 1 heterocycles. The largest absolute Gasteiger partial charge is 0.462 e. The average molecular weight is 423 g/mol. The first-order chi connectivity index (χ1) is 14.1. The maximum Gasteiger partial charge on any atom is 0.338 e. The Hall–Kier alpha value is -1.70. The number of hydrogen-bond donors (Lipinski definition) is 2. The Morgan fingerprint density at radius 1 is 1.27 bits per heavy atom. The van der Waals surface area contributed by atoms with Crippen LogP contribution in [0.5, 0.6) is 0 Å². The maximum atomic E-state index is 12.7. The third-order valence-corrected chi connectivity index (χ3v) is 6.69. The first kappa shape index (κ1) is 23.0. The highest BCUT2D eigenvalue weighted by Crippen LogP contribution is 2.44. The number of hydrogen-bond acceptors (Lipinski definition) is 7. The van der Waals surface area contributed by atoms with Crippen LogP contribution in [0.4, 0.5) is 0 Å². The Morgan fingerprint density at radius 2 is 2.00 bits per heavy atom. The molecule has 0 unspecified atom stereocenters. The Morgan fingerprint density at radius 3 is 2.67 bits per heavy atom. The molecule has 0 aromatic rings. The third-order valence-electron chi connectivity index (χ3n) is 6.69. The van der Waals surface area contributed by atoms with E-state index in [1.807, 2.05) is 12.2 Å². The highest BCUT2D eigenvalue weighted by molar-refractivity contribution is 5.78. The molecule has 0 amide bonds. The topological polar surface area (TPSA) is 102 Å². The fraction of sp³-hybridized carbons (Fsp3) is 0.739. The SMILES string of the molecule is COC(C)(C)C(=O)O[C@H]1C[C@H](O)C=C2C=C[C@H](C)[C@H](CC[C@@H]3C[C@@H](O)CC(=O)O3)[C@H]21. The van der Waals surface area contributed by atoms with Gasteiger partial charge in [-0.05, 0) is 44.1 Å². The highest BCUT2D eigenvalue weighted by Gasteiger charge is 2.44. The molecule has 3 aliphatic rings. The van der Waals surface area contributed by atoms with Gasteiger partial charge in [-0.2, -0.15) is 0 Å². The Kier molecular flexibility index (Phi) is 7.05. The molecule has 3 rings (SSSR count). The zero-order valence-electron chi connectivity index (χ0n) is 18.2. The van der Waals surface area contributed by atoms with Gasteiger partial charge in [-0.1, -0.05) is 25.2 Å². The van der Waals surface area contributed by atoms with E-state index >= 15 is 0 Å². The Bertz CT molecular complexity index is 710. The predicted molar refractivity (Wildman–Crippen MR) is 109 cm³/mol. The number of carbonyl (C=O) groups is 2. The molecule has 168 valence electrons. The number of carbonyl (C=O) groups excluding carboxylic acids is 2. The first-order valence-electron chi connectivity index (χ1n) is 10.8. The second-order valence-electron chi connectivity index (χ2n) is 9.32. The summed E-state index contributed by atoms with van der Waals surface area (Å²) in [6, 6.07) is 0. The molecule has 0 saturated carbocycles. The van der Waals surface area contributed by atoms with Crippen molar-refractivity contribution in [2.24, 2.45) is 17.8 Å². The summed E-state index contributed by atoms with van der Waals surface area (Å²) in [7, 11) is 1.47. The molecule has 2 N–H and O–H groups in total. The van der Waals surface area contributed by atoms with Gasteiger partial charge in [0, 0.05) is 25.9 Å².